The molecule has 0 aliphatic rings. The van der Waals surface area contributed by atoms with Gasteiger partial charge in [0.2, 0.25) is 0 Å². The molecule has 0 radical (unpaired) electrons. The van der Waals surface area contributed by atoms with Gasteiger partial charge in [-0.3, -0.25) is 4.55 Å². The first-order valence-electron chi connectivity index (χ1n) is 9.98. The van der Waals surface area contributed by atoms with Crippen LogP contribution in [0.3, 0.4) is 0 Å². The predicted molar refractivity (Wildman–Crippen MR) is 111 cm³/mol. The Labute approximate surface area is 168 Å². The summed E-state index contributed by atoms with van der Waals surface area (Å²) in [4.78, 5) is -0.484. The van der Waals surface area contributed by atoms with Crippen molar-refractivity contribution in [2.24, 2.45) is 0 Å². The van der Waals surface area contributed by atoms with Crippen LogP contribution in [-0.4, -0.2) is 18.1 Å². The molecule has 0 amide bonds. The van der Waals surface area contributed by atoms with Gasteiger partial charge >= 0.3 is 0 Å². The molecule has 2 aromatic rings. The summed E-state index contributed by atoms with van der Waals surface area (Å²) in [5, 5.41) is 10.5. The number of unbranched alkanes of at least 4 members (excludes halogenated alkanes) is 7. The molecule has 28 heavy (non-hydrogen) atoms. The van der Waals surface area contributed by atoms with Gasteiger partial charge in [0.25, 0.3) is 10.1 Å². The third kappa shape index (κ3) is 6.84. The quantitative estimate of drug-likeness (QED) is 0.328. The Kier molecular flexibility index (Phi) is 8.80. The van der Waals surface area contributed by atoms with Gasteiger partial charge in [0.05, 0.1) is 0 Å². The number of rotatable bonds is 12. The van der Waals surface area contributed by atoms with Crippen LogP contribution in [0.2, 0.25) is 0 Å². The zero-order chi connectivity index (χ0) is 20.4. The van der Waals surface area contributed by atoms with E-state index in [-0.39, 0.29) is 0 Å². The number of para-hydroxylation sites is 1. The van der Waals surface area contributed by atoms with Crippen LogP contribution in [0.25, 0.3) is 0 Å². The largest absolute Gasteiger partial charge is 0.506 e. The molecule has 5 nitrogen and oxygen atoms in total. The standard InChI is InChI=1S/C22H30O5S/c1-2-3-4-5-6-7-8-12-15-19-20(27-18-13-10-9-11-14-18)16-17-21(22(19)23)28(24,25)26/h9-11,13-14,16-17,23H,2-8,12,15H2,1H3,(H,24,25,26). The Morgan fingerprint density at radius 2 is 1.46 bits per heavy atom. The summed E-state index contributed by atoms with van der Waals surface area (Å²) in [5.74, 6) is 0.566. The molecule has 2 N–H and O–H groups in total. The van der Waals surface area contributed by atoms with Gasteiger partial charge < -0.3 is 9.84 Å². The maximum absolute atomic E-state index is 11.5. The molecule has 0 heterocycles. The molecule has 2 aromatic carbocycles. The smallest absolute Gasteiger partial charge is 0.298 e. The van der Waals surface area contributed by atoms with Crippen molar-refractivity contribution in [2.75, 3.05) is 0 Å². The van der Waals surface area contributed by atoms with Gasteiger partial charge in [0, 0.05) is 5.56 Å². The Balaban J connectivity index is 2.07. The molecular formula is C22H30O5S. The first kappa shape index (κ1) is 22.2. The molecular weight excluding hydrogens is 376 g/mol. The van der Waals surface area contributed by atoms with Crippen LogP contribution in [0.15, 0.2) is 47.4 Å². The van der Waals surface area contributed by atoms with E-state index in [0.717, 1.165) is 19.3 Å². The number of benzene rings is 2. The lowest BCUT2D eigenvalue weighted by atomic mass is 10.0. The fourth-order valence-corrected chi connectivity index (χ4v) is 3.80. The third-order valence-corrected chi connectivity index (χ3v) is 5.62. The Bertz CT molecular complexity index is 832. The lowest BCUT2D eigenvalue weighted by Crippen LogP contribution is -2.02. The molecule has 0 aromatic heterocycles. The molecule has 0 aliphatic carbocycles. The van der Waals surface area contributed by atoms with Crippen LogP contribution in [0.5, 0.6) is 17.2 Å². The van der Waals surface area contributed by atoms with Gasteiger partial charge in [-0.25, -0.2) is 0 Å². The van der Waals surface area contributed by atoms with Crippen molar-refractivity contribution in [3.8, 4) is 17.2 Å². The highest BCUT2D eigenvalue weighted by Gasteiger charge is 2.21. The summed E-state index contributed by atoms with van der Waals surface area (Å²) in [6.45, 7) is 2.20. The van der Waals surface area contributed by atoms with Crippen molar-refractivity contribution in [1.82, 2.24) is 0 Å². The van der Waals surface area contributed by atoms with E-state index in [9.17, 15) is 18.1 Å². The Morgan fingerprint density at radius 3 is 2.07 bits per heavy atom. The molecule has 0 atom stereocenters. The molecule has 154 valence electrons. The minimum absolute atomic E-state index is 0.402. The van der Waals surface area contributed by atoms with E-state index < -0.39 is 20.8 Å². The van der Waals surface area contributed by atoms with E-state index >= 15 is 0 Å². The molecule has 0 saturated carbocycles. The van der Waals surface area contributed by atoms with Crippen molar-refractivity contribution in [3.05, 3.63) is 48.0 Å². The second kappa shape index (κ2) is 11.1. The average Bonchev–Trinajstić information content (AvgIpc) is 2.65. The number of phenols is 1. The fraction of sp³-hybridized carbons (Fsp3) is 0.455. The summed E-state index contributed by atoms with van der Waals surface area (Å²) in [6.07, 6.45) is 9.58. The van der Waals surface area contributed by atoms with Gasteiger partial charge in [-0.15, -0.1) is 0 Å². The van der Waals surface area contributed by atoms with Gasteiger partial charge in [0.15, 0.2) is 0 Å². The molecule has 0 unspecified atom stereocenters. The third-order valence-electron chi connectivity index (χ3n) is 4.73. The van der Waals surface area contributed by atoms with Crippen molar-refractivity contribution in [1.29, 1.82) is 0 Å². The van der Waals surface area contributed by atoms with E-state index in [1.54, 1.807) is 12.1 Å². The predicted octanol–water partition coefficient (Wildman–Crippen LogP) is 6.11. The van der Waals surface area contributed by atoms with E-state index in [4.69, 9.17) is 4.74 Å². The topological polar surface area (TPSA) is 83.8 Å². The lowest BCUT2D eigenvalue weighted by molar-refractivity contribution is 0.422. The molecule has 6 heteroatoms. The van der Waals surface area contributed by atoms with E-state index in [0.29, 0.717) is 23.5 Å². The molecule has 0 saturated heterocycles. The van der Waals surface area contributed by atoms with Crippen molar-refractivity contribution in [3.63, 3.8) is 0 Å². The van der Waals surface area contributed by atoms with Crippen LogP contribution in [0.1, 0.15) is 63.9 Å². The first-order valence-corrected chi connectivity index (χ1v) is 11.4. The van der Waals surface area contributed by atoms with Crippen molar-refractivity contribution in [2.45, 2.75) is 69.6 Å². The van der Waals surface area contributed by atoms with Crippen LogP contribution in [0.4, 0.5) is 0 Å². The number of ether oxygens (including phenoxy) is 1. The van der Waals surface area contributed by atoms with Crippen LogP contribution >= 0.6 is 0 Å². The highest BCUT2D eigenvalue weighted by molar-refractivity contribution is 7.86. The molecule has 0 aliphatic heterocycles. The summed E-state index contributed by atoms with van der Waals surface area (Å²) in [6, 6.07) is 11.8. The Hall–Kier alpha value is -2.05. The van der Waals surface area contributed by atoms with Gasteiger partial charge in [-0.2, -0.15) is 8.42 Å². The molecule has 0 fully saturated rings. The summed E-state index contributed by atoms with van der Waals surface area (Å²) >= 11 is 0. The molecule has 2 rings (SSSR count). The number of phenolic OH excluding ortho intramolecular Hbond substituents is 1. The van der Waals surface area contributed by atoms with E-state index in [1.165, 1.54) is 44.2 Å². The average molecular weight is 407 g/mol. The summed E-state index contributed by atoms with van der Waals surface area (Å²) < 4.78 is 38.3. The summed E-state index contributed by atoms with van der Waals surface area (Å²) in [7, 11) is -4.50. The second-order valence-electron chi connectivity index (χ2n) is 7.00. The van der Waals surface area contributed by atoms with Gasteiger partial charge in [-0.05, 0) is 37.1 Å². The minimum atomic E-state index is -4.50. The van der Waals surface area contributed by atoms with Gasteiger partial charge in [0.1, 0.15) is 22.1 Å². The lowest BCUT2D eigenvalue weighted by Gasteiger charge is -2.15. The van der Waals surface area contributed by atoms with E-state index in [1.807, 2.05) is 18.2 Å². The normalized spacial score (nSPS) is 11.5. The molecule has 0 spiro atoms. The van der Waals surface area contributed by atoms with Crippen LogP contribution in [-0.2, 0) is 16.5 Å². The SMILES string of the molecule is CCCCCCCCCCc1c(Oc2ccccc2)ccc(S(=O)(=O)O)c1O. The number of hydrogen-bond acceptors (Lipinski definition) is 4. The number of hydrogen-bond donors (Lipinski definition) is 2. The molecule has 0 bridgehead atoms. The van der Waals surface area contributed by atoms with E-state index in [2.05, 4.69) is 6.92 Å². The maximum atomic E-state index is 11.5. The Morgan fingerprint density at radius 1 is 0.857 bits per heavy atom. The van der Waals surface area contributed by atoms with Crippen molar-refractivity contribution < 1.29 is 22.8 Å². The van der Waals surface area contributed by atoms with Crippen LogP contribution in [0, 0.1) is 0 Å². The zero-order valence-corrected chi connectivity index (χ0v) is 17.2. The fourth-order valence-electron chi connectivity index (χ4n) is 3.19. The van der Waals surface area contributed by atoms with Gasteiger partial charge in [-0.1, -0.05) is 70.1 Å². The summed E-state index contributed by atoms with van der Waals surface area (Å²) in [5.41, 5.74) is 0.407. The highest BCUT2D eigenvalue weighted by Crippen LogP contribution is 2.37. The highest BCUT2D eigenvalue weighted by atomic mass is 32.2. The van der Waals surface area contributed by atoms with Crippen molar-refractivity contribution >= 4 is 10.1 Å². The maximum Gasteiger partial charge on any atom is 0.298 e. The minimum Gasteiger partial charge on any atom is -0.506 e. The second-order valence-corrected chi connectivity index (χ2v) is 8.39. The number of aromatic hydroxyl groups is 1. The monoisotopic (exact) mass is 406 g/mol. The van der Waals surface area contributed by atoms with Crippen LogP contribution < -0.4 is 4.74 Å². The zero-order valence-electron chi connectivity index (χ0n) is 16.4. The first-order chi connectivity index (χ1) is 13.4.